The predicted molar refractivity (Wildman–Crippen MR) is 245 cm³/mol. The minimum Gasteiger partial charge on any atom is -0.481 e. The summed E-state index contributed by atoms with van der Waals surface area (Å²) in [6, 6.07) is -3.56. The van der Waals surface area contributed by atoms with Gasteiger partial charge >= 0.3 is 17.9 Å². The van der Waals surface area contributed by atoms with Crippen molar-refractivity contribution in [3.63, 3.8) is 0 Å². The number of nitriles is 1. The first-order chi connectivity index (χ1) is 33.2. The maximum atomic E-state index is 14.2. The fourth-order valence-electron chi connectivity index (χ4n) is 7.25. The van der Waals surface area contributed by atoms with Gasteiger partial charge in [0.1, 0.15) is 42.3 Å². The van der Waals surface area contributed by atoms with Crippen molar-refractivity contribution in [3.05, 3.63) is 35.4 Å². The number of amides is 9. The lowest BCUT2D eigenvalue weighted by molar-refractivity contribution is -0.144. The average Bonchev–Trinajstić information content (AvgIpc) is 3.79. The molecule has 1 aliphatic heterocycles. The Morgan fingerprint density at radius 1 is 0.690 bits per heavy atom. The largest absolute Gasteiger partial charge is 0.481 e. The number of carbonyl (C=O) groups is 12. The van der Waals surface area contributed by atoms with Crippen molar-refractivity contribution in [1.29, 1.82) is 5.26 Å². The highest BCUT2D eigenvalue weighted by atomic mass is 16.4. The van der Waals surface area contributed by atoms with E-state index in [9.17, 15) is 78.0 Å². The van der Waals surface area contributed by atoms with Gasteiger partial charge < -0.3 is 57.2 Å². The Hall–Kier alpha value is -7.69. The fourth-order valence-corrected chi connectivity index (χ4v) is 7.25. The second kappa shape index (κ2) is 28.1. The van der Waals surface area contributed by atoms with E-state index < -0.39 is 157 Å². The van der Waals surface area contributed by atoms with Gasteiger partial charge in [-0.2, -0.15) is 5.26 Å². The van der Waals surface area contributed by atoms with Crippen molar-refractivity contribution in [2.45, 2.75) is 142 Å². The summed E-state index contributed by atoms with van der Waals surface area (Å²) in [5.41, 5.74) is 3.14. The molecule has 9 amide bonds. The highest BCUT2D eigenvalue weighted by Crippen LogP contribution is 2.22. The van der Waals surface area contributed by atoms with Crippen LogP contribution in [0.15, 0.2) is 24.3 Å². The molecule has 0 unspecified atom stereocenters. The van der Waals surface area contributed by atoms with Gasteiger partial charge in [0, 0.05) is 32.0 Å². The van der Waals surface area contributed by atoms with Crippen LogP contribution in [0.4, 0.5) is 0 Å². The number of hydrogen-bond acceptors (Lipinski definition) is 14. The lowest BCUT2D eigenvalue weighted by Gasteiger charge is -2.33. The van der Waals surface area contributed by atoms with Crippen molar-refractivity contribution in [1.82, 2.24) is 47.2 Å². The molecule has 0 aromatic heterocycles. The second-order valence-electron chi connectivity index (χ2n) is 17.5. The summed E-state index contributed by atoms with van der Waals surface area (Å²) in [7, 11) is 0. The van der Waals surface area contributed by atoms with Crippen molar-refractivity contribution in [2.75, 3.05) is 13.1 Å². The zero-order valence-corrected chi connectivity index (χ0v) is 40.5. The lowest BCUT2D eigenvalue weighted by Crippen LogP contribution is -2.62. The molecule has 1 aromatic rings. The number of carbonyl (C=O) groups excluding carboxylic acids is 9. The summed E-state index contributed by atoms with van der Waals surface area (Å²) in [6.07, 6.45) is -4.17. The summed E-state index contributed by atoms with van der Waals surface area (Å²) in [5, 5.41) is 62.3. The van der Waals surface area contributed by atoms with Crippen molar-refractivity contribution in [2.24, 2.45) is 11.8 Å². The van der Waals surface area contributed by atoms with Crippen LogP contribution in [0.2, 0.25) is 0 Å². The molecule has 0 spiro atoms. The number of aliphatic hydroxyl groups excluding tert-OH is 1. The monoisotopic (exact) mass is 1000 g/mol. The van der Waals surface area contributed by atoms with Gasteiger partial charge in [0.25, 0.3) is 11.8 Å². The number of carboxylic acids is 3. The Bertz CT molecular complexity index is 2180. The van der Waals surface area contributed by atoms with Crippen molar-refractivity contribution >= 4 is 71.1 Å². The molecule has 0 aliphatic carbocycles. The third-order valence-corrected chi connectivity index (χ3v) is 10.9. The van der Waals surface area contributed by atoms with Crippen LogP contribution in [-0.2, 0) is 52.7 Å². The first-order valence-electron chi connectivity index (χ1n) is 22.8. The van der Waals surface area contributed by atoms with E-state index in [4.69, 9.17) is 5.26 Å². The van der Waals surface area contributed by atoms with Crippen LogP contribution in [0.3, 0.4) is 0 Å². The molecule has 2 rings (SSSR count). The predicted octanol–water partition coefficient (Wildman–Crippen LogP) is -2.13. The smallest absolute Gasteiger partial charge is 0.305 e. The van der Waals surface area contributed by atoms with Crippen LogP contribution in [0.1, 0.15) is 109 Å². The Balaban J connectivity index is 2.32. The highest BCUT2D eigenvalue weighted by Gasteiger charge is 2.41. The molecule has 1 fully saturated rings. The van der Waals surface area contributed by atoms with E-state index in [0.29, 0.717) is 18.4 Å². The molecular weight excluding hydrogens is 937 g/mol. The van der Waals surface area contributed by atoms with E-state index in [-0.39, 0.29) is 25.1 Å². The molecule has 1 aliphatic rings. The van der Waals surface area contributed by atoms with E-state index in [0.717, 1.165) is 18.9 Å². The molecule has 26 heteroatoms. The standard InChI is InChI=1S/C45H64N10O16/c1-8-17-55(44(70)27-13-11-26(21-46)12-14-27)53-41(67)31-10-9-18-54(31)45(71)36(23(4)5)51-42(68)35(22(2)3)50-40(66)30(20-34(62)63)49-38(64)28(15-16-32(58)59)48-43(69)37(24(6)56)52-39(65)29(19-33(60)61)47-25(7)57/h11-14,22-24,28-31,35-37,56H,8-10,15-20H2,1-7H3,(H,47,57)(H,48,69)(H,49,64)(H,50,66)(H,51,68)(H,52,65)(H,53,67)(H,58,59)(H,60,61)(H,62,63)/t24-,28+,29+,30+,31+,35+,36+,37+/m1/s1. The topological polar surface area (TPSA) is 400 Å². The number of carboxylic acid groups (broad SMARTS) is 3. The SMILES string of the molecule is CCCN(NC(=O)[C@@H]1CCCN1C(=O)[C@@H](NC(=O)[C@@H](NC(=O)[C@H](CC(=O)O)NC(=O)[C@H](CCC(=O)O)NC(=O)[C@@H](NC(=O)[C@H](CC(=O)O)NC(C)=O)[C@@H](C)O)C(C)C)C(C)C)C(=O)c1ccc(C#N)cc1. The number of nitrogens with one attached hydrogen (secondary N) is 7. The third-order valence-electron chi connectivity index (χ3n) is 10.9. The normalized spacial score (nSPS) is 16.0. The summed E-state index contributed by atoms with van der Waals surface area (Å²) in [5.74, 6) is -14.6. The minimum absolute atomic E-state index is 0.113. The van der Waals surface area contributed by atoms with Crippen molar-refractivity contribution in [3.8, 4) is 6.07 Å². The molecule has 0 bridgehead atoms. The summed E-state index contributed by atoms with van der Waals surface area (Å²) < 4.78 is 0. The maximum absolute atomic E-state index is 14.2. The van der Waals surface area contributed by atoms with Crippen LogP contribution >= 0.6 is 0 Å². The fraction of sp³-hybridized carbons (Fsp3) is 0.578. The molecular formula is C45H64N10O16. The highest BCUT2D eigenvalue weighted by molar-refractivity contribution is 6.00. The molecule has 8 atom stereocenters. The number of aliphatic hydroxyl groups is 1. The van der Waals surface area contributed by atoms with Crippen LogP contribution < -0.4 is 37.3 Å². The Morgan fingerprint density at radius 2 is 1.18 bits per heavy atom. The maximum Gasteiger partial charge on any atom is 0.305 e. The van der Waals surface area contributed by atoms with E-state index in [1.54, 1.807) is 20.8 Å². The van der Waals surface area contributed by atoms with Gasteiger partial charge in [-0.3, -0.25) is 63.0 Å². The Kier molecular flexibility index (Phi) is 23.5. The zero-order chi connectivity index (χ0) is 53.9. The molecule has 11 N–H and O–H groups in total. The van der Waals surface area contributed by atoms with E-state index in [1.165, 1.54) is 43.0 Å². The minimum atomic E-state index is -1.98. The number of hydrazine groups is 1. The summed E-state index contributed by atoms with van der Waals surface area (Å²) in [6.45, 7) is 10.3. The zero-order valence-electron chi connectivity index (χ0n) is 40.5. The van der Waals surface area contributed by atoms with Crippen LogP contribution in [-0.4, -0.2) is 163 Å². The lowest BCUT2D eigenvalue weighted by atomic mass is 9.98. The molecule has 0 saturated carbocycles. The molecule has 1 aromatic carbocycles. The van der Waals surface area contributed by atoms with E-state index in [2.05, 4.69) is 37.3 Å². The van der Waals surface area contributed by atoms with Crippen LogP contribution in [0, 0.1) is 23.2 Å². The molecule has 1 saturated heterocycles. The Morgan fingerprint density at radius 3 is 1.66 bits per heavy atom. The average molecular weight is 1000 g/mol. The van der Waals surface area contributed by atoms with Crippen molar-refractivity contribution < 1.29 is 78.0 Å². The van der Waals surface area contributed by atoms with Gasteiger partial charge in [0.2, 0.25) is 41.4 Å². The van der Waals surface area contributed by atoms with Gasteiger partial charge in [-0.25, -0.2) is 5.01 Å². The molecule has 1 heterocycles. The number of benzene rings is 1. The number of nitrogens with zero attached hydrogens (tertiary/aromatic N) is 3. The first-order valence-corrected chi connectivity index (χ1v) is 22.8. The molecule has 0 radical (unpaired) electrons. The van der Waals surface area contributed by atoms with E-state index in [1.807, 2.05) is 6.07 Å². The van der Waals surface area contributed by atoms with E-state index >= 15 is 0 Å². The first kappa shape index (κ1) is 59.4. The number of rotatable bonds is 26. The number of hydrogen-bond donors (Lipinski definition) is 11. The van der Waals surface area contributed by atoms with Gasteiger partial charge in [0.05, 0.1) is 30.6 Å². The molecule has 71 heavy (non-hydrogen) atoms. The molecule has 26 nitrogen and oxygen atoms in total. The van der Waals surface area contributed by atoms with Gasteiger partial charge in [0.15, 0.2) is 0 Å². The molecule has 390 valence electrons. The van der Waals surface area contributed by atoms with Gasteiger partial charge in [-0.15, -0.1) is 0 Å². The van der Waals surface area contributed by atoms with Gasteiger partial charge in [-0.1, -0.05) is 34.6 Å². The Labute approximate surface area is 409 Å². The van der Waals surface area contributed by atoms with Crippen LogP contribution in [0.25, 0.3) is 0 Å². The number of aliphatic carboxylic acids is 3. The third kappa shape index (κ3) is 18.6. The second-order valence-corrected chi connectivity index (χ2v) is 17.5. The van der Waals surface area contributed by atoms with Gasteiger partial charge in [-0.05, 0) is 68.7 Å². The van der Waals surface area contributed by atoms with Crippen LogP contribution in [0.5, 0.6) is 0 Å². The summed E-state index contributed by atoms with van der Waals surface area (Å²) in [4.78, 5) is 157. The quantitative estimate of drug-likeness (QED) is 0.0442. The number of likely N-dealkylation sites (tertiary alicyclic amines) is 1. The summed E-state index contributed by atoms with van der Waals surface area (Å²) >= 11 is 0.